The van der Waals surface area contributed by atoms with Gasteiger partial charge in [-0.25, -0.2) is 9.59 Å². The third-order valence-electron chi connectivity index (χ3n) is 10.4. The summed E-state index contributed by atoms with van der Waals surface area (Å²) in [5.74, 6) is -0.303. The van der Waals surface area contributed by atoms with Crippen molar-refractivity contribution in [3.8, 4) is 11.1 Å². The molecule has 1 fully saturated rings. The SMILES string of the molecule is Cc1cccc(CN2CCN([C@H](C(=O)N[C@@H](Cc3ccccc3)C[C@H](O)[C@H](Cc3ccc(-c4ccncc4)cc3)NC(=O)OCc3ccccc3)C(C)(C)C)C2=O)n1. The molecule has 1 aliphatic rings. The fourth-order valence-corrected chi connectivity index (χ4v) is 7.53. The Bertz CT molecular complexity index is 2090. The molecule has 0 unspecified atom stereocenters. The number of aliphatic hydroxyl groups excluding tert-OH is 1. The number of hydrogen-bond acceptors (Lipinski definition) is 7. The van der Waals surface area contributed by atoms with Gasteiger partial charge >= 0.3 is 12.1 Å². The summed E-state index contributed by atoms with van der Waals surface area (Å²) in [7, 11) is 0. The highest BCUT2D eigenvalue weighted by Crippen LogP contribution is 2.29. The highest BCUT2D eigenvalue weighted by atomic mass is 16.5. The maximum Gasteiger partial charge on any atom is 0.407 e. The first-order valence-electron chi connectivity index (χ1n) is 19.9. The average molecular weight is 783 g/mol. The lowest BCUT2D eigenvalue weighted by atomic mass is 9.84. The van der Waals surface area contributed by atoms with Crippen molar-refractivity contribution >= 4 is 18.0 Å². The van der Waals surface area contributed by atoms with Crippen LogP contribution in [-0.4, -0.2) is 80.2 Å². The Hall–Kier alpha value is -6.07. The monoisotopic (exact) mass is 782 g/mol. The van der Waals surface area contributed by atoms with Crippen LogP contribution in [0.15, 0.2) is 128 Å². The highest BCUT2D eigenvalue weighted by Gasteiger charge is 2.44. The van der Waals surface area contributed by atoms with Gasteiger partial charge in [-0.1, -0.05) is 112 Å². The number of ether oxygens (including phenoxy) is 1. The lowest BCUT2D eigenvalue weighted by Gasteiger charge is -2.38. The van der Waals surface area contributed by atoms with E-state index in [1.807, 2.05) is 143 Å². The molecule has 0 spiro atoms. The van der Waals surface area contributed by atoms with Gasteiger partial charge in [0.05, 0.1) is 24.4 Å². The number of carbonyl (C=O) groups excluding carboxylic acids is 3. The van der Waals surface area contributed by atoms with Gasteiger partial charge in [-0.05, 0) is 83.7 Å². The molecule has 302 valence electrons. The summed E-state index contributed by atoms with van der Waals surface area (Å²) in [6.45, 7) is 9.08. The summed E-state index contributed by atoms with van der Waals surface area (Å²) in [6, 6.07) is 34.5. The molecule has 5 aromatic rings. The molecule has 0 bridgehead atoms. The molecule has 4 amide bonds. The molecule has 3 heterocycles. The first kappa shape index (κ1) is 41.6. The fourth-order valence-electron chi connectivity index (χ4n) is 7.53. The molecule has 1 aliphatic heterocycles. The molecule has 0 radical (unpaired) electrons. The molecule has 3 N–H and O–H groups in total. The third kappa shape index (κ3) is 11.5. The fraction of sp³-hybridized carbons (Fsp3) is 0.340. The van der Waals surface area contributed by atoms with Crippen molar-refractivity contribution in [2.75, 3.05) is 13.1 Å². The molecular weight excluding hydrogens is 729 g/mol. The second-order valence-electron chi connectivity index (χ2n) is 16.1. The van der Waals surface area contributed by atoms with Crippen LogP contribution < -0.4 is 10.6 Å². The van der Waals surface area contributed by atoms with E-state index < -0.39 is 35.7 Å². The Morgan fingerprint density at radius 3 is 2.07 bits per heavy atom. The van der Waals surface area contributed by atoms with Crippen molar-refractivity contribution < 1.29 is 24.2 Å². The van der Waals surface area contributed by atoms with Gasteiger partial charge in [0.15, 0.2) is 0 Å². The van der Waals surface area contributed by atoms with Gasteiger partial charge in [0.2, 0.25) is 5.91 Å². The number of amides is 4. The summed E-state index contributed by atoms with van der Waals surface area (Å²) in [5, 5.41) is 18.2. The molecule has 58 heavy (non-hydrogen) atoms. The minimum atomic E-state index is -1.09. The van der Waals surface area contributed by atoms with Crippen LogP contribution in [0, 0.1) is 12.3 Å². The maximum atomic E-state index is 14.5. The average Bonchev–Trinajstić information content (AvgIpc) is 3.55. The molecule has 3 aromatic carbocycles. The van der Waals surface area contributed by atoms with Crippen LogP contribution in [0.1, 0.15) is 55.3 Å². The van der Waals surface area contributed by atoms with Crippen LogP contribution in [-0.2, 0) is 35.5 Å². The Labute approximate surface area is 341 Å². The zero-order valence-electron chi connectivity index (χ0n) is 33.8. The quantitative estimate of drug-likeness (QED) is 0.0970. The summed E-state index contributed by atoms with van der Waals surface area (Å²) in [6.07, 6.45) is 2.60. The predicted octanol–water partition coefficient (Wildman–Crippen LogP) is 7.12. The number of benzene rings is 3. The van der Waals surface area contributed by atoms with E-state index in [9.17, 15) is 19.5 Å². The maximum absolute atomic E-state index is 14.5. The zero-order chi connectivity index (χ0) is 41.1. The van der Waals surface area contributed by atoms with E-state index in [0.29, 0.717) is 32.5 Å². The van der Waals surface area contributed by atoms with Gasteiger partial charge in [-0.15, -0.1) is 0 Å². The zero-order valence-corrected chi connectivity index (χ0v) is 33.8. The highest BCUT2D eigenvalue weighted by molar-refractivity contribution is 5.89. The number of urea groups is 1. The van der Waals surface area contributed by atoms with E-state index in [1.165, 1.54) is 0 Å². The summed E-state index contributed by atoms with van der Waals surface area (Å²) >= 11 is 0. The summed E-state index contributed by atoms with van der Waals surface area (Å²) < 4.78 is 5.59. The van der Waals surface area contributed by atoms with E-state index in [1.54, 1.807) is 22.2 Å². The van der Waals surface area contributed by atoms with Crippen LogP contribution in [0.3, 0.4) is 0 Å². The van der Waals surface area contributed by atoms with Crippen molar-refractivity contribution in [1.29, 1.82) is 0 Å². The Morgan fingerprint density at radius 1 is 0.776 bits per heavy atom. The lowest BCUT2D eigenvalue weighted by molar-refractivity contribution is -0.129. The number of pyridine rings is 2. The second kappa shape index (κ2) is 19.4. The number of rotatable bonds is 16. The minimum Gasteiger partial charge on any atom is -0.445 e. The number of carbonyl (C=O) groups is 3. The first-order chi connectivity index (χ1) is 27.9. The van der Waals surface area contributed by atoms with E-state index in [0.717, 1.165) is 39.2 Å². The molecule has 11 nitrogen and oxygen atoms in total. The van der Waals surface area contributed by atoms with Crippen molar-refractivity contribution in [1.82, 2.24) is 30.4 Å². The summed E-state index contributed by atoms with van der Waals surface area (Å²) in [5.41, 5.74) is 5.82. The molecular formula is C47H54N6O5. The lowest BCUT2D eigenvalue weighted by Crippen LogP contribution is -2.57. The predicted molar refractivity (Wildman–Crippen MR) is 224 cm³/mol. The molecule has 11 heteroatoms. The molecule has 0 saturated carbocycles. The third-order valence-corrected chi connectivity index (χ3v) is 10.4. The van der Waals surface area contributed by atoms with Crippen molar-refractivity contribution in [2.45, 2.75) is 84.3 Å². The van der Waals surface area contributed by atoms with Crippen molar-refractivity contribution in [3.05, 3.63) is 156 Å². The molecule has 6 rings (SSSR count). The van der Waals surface area contributed by atoms with Crippen LogP contribution in [0.4, 0.5) is 9.59 Å². The Kier molecular flexibility index (Phi) is 13.9. The molecule has 1 saturated heterocycles. The molecule has 0 aliphatic carbocycles. The largest absolute Gasteiger partial charge is 0.445 e. The first-order valence-corrected chi connectivity index (χ1v) is 19.9. The van der Waals surface area contributed by atoms with Crippen molar-refractivity contribution in [3.63, 3.8) is 0 Å². The minimum absolute atomic E-state index is 0.0746. The van der Waals surface area contributed by atoms with Crippen LogP contribution >= 0.6 is 0 Å². The van der Waals surface area contributed by atoms with Crippen LogP contribution in [0.2, 0.25) is 0 Å². The van der Waals surface area contributed by atoms with Crippen molar-refractivity contribution in [2.24, 2.45) is 5.41 Å². The Balaban J connectivity index is 1.21. The van der Waals surface area contributed by atoms with E-state index in [4.69, 9.17) is 4.74 Å². The number of aryl methyl sites for hydroxylation is 1. The number of nitrogens with zero attached hydrogens (tertiary/aromatic N) is 4. The number of hydrogen-bond donors (Lipinski definition) is 3. The standard InChI is InChI=1S/C47H54N6O5/c1-33-12-11-17-39(49-33)31-52-26-27-53(46(52)57)43(47(2,3)4)44(55)50-40(28-34-13-7-5-8-14-34)30-42(54)41(51-45(56)58-32-36-15-9-6-10-16-36)29-35-18-20-37(21-19-35)38-22-24-48-25-23-38/h5-25,40-43,54H,26-32H2,1-4H3,(H,50,55)(H,51,56)/t40-,41-,42-,43+/m0/s1. The van der Waals surface area contributed by atoms with Gasteiger partial charge in [0, 0.05) is 37.2 Å². The number of nitrogens with one attached hydrogen (secondary N) is 2. The van der Waals surface area contributed by atoms with Crippen LogP contribution in [0.25, 0.3) is 11.1 Å². The van der Waals surface area contributed by atoms with E-state index >= 15 is 0 Å². The van der Waals surface area contributed by atoms with Gasteiger partial charge in [-0.3, -0.25) is 14.8 Å². The topological polar surface area (TPSA) is 137 Å². The molecule has 2 aromatic heterocycles. The smallest absolute Gasteiger partial charge is 0.407 e. The van der Waals surface area contributed by atoms with Crippen LogP contribution in [0.5, 0.6) is 0 Å². The van der Waals surface area contributed by atoms with Gasteiger partial charge in [0.25, 0.3) is 0 Å². The second-order valence-corrected chi connectivity index (χ2v) is 16.1. The molecule has 4 atom stereocenters. The van der Waals surface area contributed by atoms with E-state index in [-0.39, 0.29) is 25.0 Å². The summed E-state index contributed by atoms with van der Waals surface area (Å²) in [4.78, 5) is 53.8. The normalized spacial score (nSPS) is 15.0. The van der Waals surface area contributed by atoms with Gasteiger partial charge < -0.3 is 30.3 Å². The van der Waals surface area contributed by atoms with Gasteiger partial charge in [0.1, 0.15) is 12.6 Å². The van der Waals surface area contributed by atoms with Gasteiger partial charge in [-0.2, -0.15) is 0 Å². The number of aliphatic hydroxyl groups is 1. The van der Waals surface area contributed by atoms with E-state index in [2.05, 4.69) is 20.6 Å². The Morgan fingerprint density at radius 2 is 1.41 bits per heavy atom. The number of alkyl carbamates (subject to hydrolysis) is 1. The number of aromatic nitrogens is 2.